The van der Waals surface area contributed by atoms with E-state index in [2.05, 4.69) is 24.4 Å². The first-order chi connectivity index (χ1) is 11.5. The van der Waals surface area contributed by atoms with E-state index in [-0.39, 0.29) is 18.0 Å². The summed E-state index contributed by atoms with van der Waals surface area (Å²) in [5.74, 6) is 0.0719. The van der Waals surface area contributed by atoms with Crippen molar-refractivity contribution in [1.29, 1.82) is 5.26 Å². The number of fused-ring (bicyclic) bond motifs is 1. The zero-order valence-electron chi connectivity index (χ0n) is 14.2. The summed E-state index contributed by atoms with van der Waals surface area (Å²) in [7, 11) is 0. The predicted octanol–water partition coefficient (Wildman–Crippen LogP) is 4.17. The van der Waals surface area contributed by atoms with Gasteiger partial charge in [-0.15, -0.1) is 0 Å². The third kappa shape index (κ3) is 2.85. The second-order valence-corrected chi connectivity index (χ2v) is 6.37. The third-order valence-electron chi connectivity index (χ3n) is 4.62. The fourth-order valence-electron chi connectivity index (χ4n) is 3.51. The van der Waals surface area contributed by atoms with E-state index in [9.17, 15) is 4.79 Å². The van der Waals surface area contributed by atoms with E-state index in [1.165, 1.54) is 0 Å². The third-order valence-corrected chi connectivity index (χ3v) is 4.62. The average Bonchev–Trinajstić information content (AvgIpc) is 2.54. The Hall–Kier alpha value is -2.80. The molecule has 4 nitrogen and oxygen atoms in total. The number of nitrogens with one attached hydrogen (secondary N) is 1. The van der Waals surface area contributed by atoms with Crippen LogP contribution in [0.15, 0.2) is 42.5 Å². The number of hydrogen-bond acceptors (Lipinski definition) is 3. The van der Waals surface area contributed by atoms with Gasteiger partial charge < -0.3 is 10.2 Å². The maximum atomic E-state index is 12.0. The Labute approximate surface area is 142 Å². The molecule has 122 valence electrons. The van der Waals surface area contributed by atoms with Gasteiger partial charge in [-0.25, -0.2) is 0 Å². The monoisotopic (exact) mass is 319 g/mol. The highest BCUT2D eigenvalue weighted by atomic mass is 16.2. The number of nitriles is 1. The van der Waals surface area contributed by atoms with Crippen molar-refractivity contribution in [3.05, 3.63) is 59.2 Å². The highest BCUT2D eigenvalue weighted by Gasteiger charge is 2.31. The molecule has 0 aromatic heterocycles. The number of para-hydroxylation sites is 1. The van der Waals surface area contributed by atoms with E-state index in [4.69, 9.17) is 5.26 Å². The molecule has 0 bridgehead atoms. The minimum absolute atomic E-state index is 0.0719. The molecule has 0 fully saturated rings. The van der Waals surface area contributed by atoms with Crippen LogP contribution in [0.1, 0.15) is 43.0 Å². The number of rotatable bonds is 2. The van der Waals surface area contributed by atoms with Crippen molar-refractivity contribution in [3.63, 3.8) is 0 Å². The second kappa shape index (κ2) is 6.37. The molecule has 1 amide bonds. The Morgan fingerprint density at radius 3 is 2.71 bits per heavy atom. The number of benzene rings is 2. The number of hydrogen-bond donors (Lipinski definition) is 1. The lowest BCUT2D eigenvalue weighted by molar-refractivity contribution is -0.117. The molecule has 0 saturated carbocycles. The number of carbonyl (C=O) groups excluding carboxylic acids is 1. The van der Waals surface area contributed by atoms with Crippen molar-refractivity contribution in [2.75, 3.05) is 10.2 Å². The molecule has 0 spiro atoms. The molecule has 4 heteroatoms. The summed E-state index contributed by atoms with van der Waals surface area (Å²) in [6.07, 6.45) is 0.843. The molecule has 2 aromatic carbocycles. The molecule has 0 saturated heterocycles. The molecule has 24 heavy (non-hydrogen) atoms. The van der Waals surface area contributed by atoms with E-state index in [1.54, 1.807) is 6.92 Å². The first-order valence-corrected chi connectivity index (χ1v) is 8.17. The molecule has 3 rings (SSSR count). The lowest BCUT2D eigenvalue weighted by Gasteiger charge is -2.39. The molecule has 1 aliphatic heterocycles. The van der Waals surface area contributed by atoms with Gasteiger partial charge in [0.2, 0.25) is 5.91 Å². The highest BCUT2D eigenvalue weighted by molar-refractivity contribution is 5.93. The SMILES string of the molecule is CC(=O)N1c2ccccc2C(Nc2ccc(C#N)c(C)c2)CC1C. The van der Waals surface area contributed by atoms with Gasteiger partial charge in [-0.3, -0.25) is 4.79 Å². The number of anilines is 2. The molecule has 0 radical (unpaired) electrons. The van der Waals surface area contributed by atoms with Gasteiger partial charge in [0, 0.05) is 24.3 Å². The molecular weight excluding hydrogens is 298 g/mol. The van der Waals surface area contributed by atoms with Crippen LogP contribution in [0.5, 0.6) is 0 Å². The first kappa shape index (κ1) is 16.1. The maximum absolute atomic E-state index is 12.0. The minimum atomic E-state index is 0.0719. The number of nitrogens with zero attached hydrogens (tertiary/aromatic N) is 2. The summed E-state index contributed by atoms with van der Waals surface area (Å²) >= 11 is 0. The van der Waals surface area contributed by atoms with Gasteiger partial charge in [-0.05, 0) is 55.7 Å². The van der Waals surface area contributed by atoms with E-state index in [1.807, 2.05) is 48.2 Å². The Morgan fingerprint density at radius 2 is 2.04 bits per heavy atom. The lowest BCUT2D eigenvalue weighted by Crippen LogP contribution is -2.43. The highest BCUT2D eigenvalue weighted by Crippen LogP contribution is 2.38. The zero-order valence-corrected chi connectivity index (χ0v) is 14.2. The molecule has 2 atom stereocenters. The van der Waals surface area contributed by atoms with Gasteiger partial charge in [0.1, 0.15) is 0 Å². The fraction of sp³-hybridized carbons (Fsp3) is 0.300. The predicted molar refractivity (Wildman–Crippen MR) is 95.9 cm³/mol. The Kier molecular flexibility index (Phi) is 4.26. The van der Waals surface area contributed by atoms with Crippen LogP contribution in [-0.2, 0) is 4.79 Å². The molecule has 2 aromatic rings. The van der Waals surface area contributed by atoms with Crippen LogP contribution < -0.4 is 10.2 Å². The lowest BCUT2D eigenvalue weighted by atomic mass is 9.91. The van der Waals surface area contributed by atoms with Crippen molar-refractivity contribution >= 4 is 17.3 Å². The largest absolute Gasteiger partial charge is 0.378 e. The van der Waals surface area contributed by atoms with Crippen molar-refractivity contribution in [1.82, 2.24) is 0 Å². The number of carbonyl (C=O) groups is 1. The van der Waals surface area contributed by atoms with Gasteiger partial charge in [-0.2, -0.15) is 5.26 Å². The molecule has 2 unspecified atom stereocenters. The van der Waals surface area contributed by atoms with Gasteiger partial charge in [0.05, 0.1) is 17.7 Å². The van der Waals surface area contributed by atoms with Gasteiger partial charge in [-0.1, -0.05) is 18.2 Å². The second-order valence-electron chi connectivity index (χ2n) is 6.37. The first-order valence-electron chi connectivity index (χ1n) is 8.17. The summed E-state index contributed by atoms with van der Waals surface area (Å²) in [4.78, 5) is 13.9. The van der Waals surface area contributed by atoms with Crippen LogP contribution in [-0.4, -0.2) is 11.9 Å². The average molecular weight is 319 g/mol. The van der Waals surface area contributed by atoms with E-state index in [0.717, 1.165) is 28.9 Å². The summed E-state index contributed by atoms with van der Waals surface area (Å²) in [5.41, 5.74) is 4.76. The Balaban J connectivity index is 1.94. The van der Waals surface area contributed by atoms with Gasteiger partial charge >= 0.3 is 0 Å². The zero-order chi connectivity index (χ0) is 17.3. The van der Waals surface area contributed by atoms with E-state index in [0.29, 0.717) is 5.56 Å². The summed E-state index contributed by atoms with van der Waals surface area (Å²) in [6, 6.07) is 16.3. The van der Waals surface area contributed by atoms with E-state index < -0.39 is 0 Å². The smallest absolute Gasteiger partial charge is 0.224 e. The topological polar surface area (TPSA) is 56.1 Å². The van der Waals surface area contributed by atoms with Crippen molar-refractivity contribution < 1.29 is 4.79 Å². The number of amides is 1. The number of aryl methyl sites for hydroxylation is 1. The van der Waals surface area contributed by atoms with Crippen LogP contribution in [0.25, 0.3) is 0 Å². The van der Waals surface area contributed by atoms with Gasteiger partial charge in [0.15, 0.2) is 0 Å². The quantitative estimate of drug-likeness (QED) is 0.904. The van der Waals surface area contributed by atoms with Crippen LogP contribution in [0, 0.1) is 18.3 Å². The molecule has 1 aliphatic rings. The summed E-state index contributed by atoms with van der Waals surface area (Å²) in [5, 5.41) is 12.6. The van der Waals surface area contributed by atoms with Crippen LogP contribution in [0.2, 0.25) is 0 Å². The molecule has 0 aliphatic carbocycles. The summed E-state index contributed by atoms with van der Waals surface area (Å²) in [6.45, 7) is 5.64. The Bertz CT molecular complexity index is 822. The van der Waals surface area contributed by atoms with Crippen molar-refractivity contribution in [2.24, 2.45) is 0 Å². The minimum Gasteiger partial charge on any atom is -0.378 e. The standard InChI is InChI=1S/C20H21N3O/c1-13-10-17(9-8-16(13)12-21)22-19-11-14(2)23(15(3)24)20-7-5-4-6-18(19)20/h4-10,14,19,22H,11H2,1-3H3. The van der Waals surface area contributed by atoms with E-state index >= 15 is 0 Å². The molecule has 1 N–H and O–H groups in total. The van der Waals surface area contributed by atoms with Crippen LogP contribution >= 0.6 is 0 Å². The van der Waals surface area contributed by atoms with Gasteiger partial charge in [0.25, 0.3) is 0 Å². The fourth-order valence-corrected chi connectivity index (χ4v) is 3.51. The Morgan fingerprint density at radius 1 is 1.29 bits per heavy atom. The van der Waals surface area contributed by atoms with Crippen LogP contribution in [0.3, 0.4) is 0 Å². The van der Waals surface area contributed by atoms with Crippen molar-refractivity contribution in [3.8, 4) is 6.07 Å². The molecule has 1 heterocycles. The summed E-state index contributed by atoms with van der Waals surface area (Å²) < 4.78 is 0. The molecular formula is C20H21N3O. The van der Waals surface area contributed by atoms with Crippen LogP contribution in [0.4, 0.5) is 11.4 Å². The van der Waals surface area contributed by atoms with Crippen molar-refractivity contribution in [2.45, 2.75) is 39.3 Å². The normalized spacial score (nSPS) is 19.3. The maximum Gasteiger partial charge on any atom is 0.224 e.